The van der Waals surface area contributed by atoms with Crippen LogP contribution in [0.5, 0.6) is 23.0 Å². The van der Waals surface area contributed by atoms with Gasteiger partial charge >= 0.3 is 0 Å². The van der Waals surface area contributed by atoms with Crippen LogP contribution in [0.4, 0.5) is 0 Å². The predicted octanol–water partition coefficient (Wildman–Crippen LogP) is 3.26. The summed E-state index contributed by atoms with van der Waals surface area (Å²) < 4.78 is 21.3. The van der Waals surface area contributed by atoms with Crippen LogP contribution in [0.2, 0.25) is 0 Å². The third-order valence-corrected chi connectivity index (χ3v) is 5.66. The maximum Gasteiger partial charge on any atom is 0.231 e. The lowest BCUT2D eigenvalue weighted by atomic mass is 10.1. The smallest absolute Gasteiger partial charge is 0.231 e. The molecule has 0 unspecified atom stereocenters. The second-order valence-corrected chi connectivity index (χ2v) is 7.57. The molecule has 0 saturated heterocycles. The summed E-state index contributed by atoms with van der Waals surface area (Å²) in [5.41, 5.74) is 1.96. The molecule has 0 aliphatic carbocycles. The Morgan fingerprint density at radius 3 is 2.71 bits per heavy atom. The Bertz CT molecular complexity index is 1190. The molecule has 31 heavy (non-hydrogen) atoms. The van der Waals surface area contributed by atoms with Gasteiger partial charge in [-0.3, -0.25) is 4.79 Å². The van der Waals surface area contributed by atoms with Crippen LogP contribution in [-0.4, -0.2) is 37.7 Å². The Hall–Kier alpha value is -3.64. The van der Waals surface area contributed by atoms with Gasteiger partial charge in [-0.15, -0.1) is 0 Å². The van der Waals surface area contributed by atoms with Gasteiger partial charge in [0.2, 0.25) is 12.7 Å². The fourth-order valence-corrected chi connectivity index (χ4v) is 3.90. The number of thioether (sulfide) groups is 1. The number of carbonyl (C=O) groups is 1. The van der Waals surface area contributed by atoms with E-state index in [1.807, 2.05) is 18.2 Å². The molecule has 1 aromatic heterocycles. The molecule has 0 saturated carbocycles. The van der Waals surface area contributed by atoms with E-state index in [-0.39, 0.29) is 18.5 Å². The lowest BCUT2D eigenvalue weighted by Gasteiger charge is -2.11. The van der Waals surface area contributed by atoms with Gasteiger partial charge in [0.05, 0.1) is 31.1 Å². The Kier molecular flexibility index (Phi) is 6.00. The molecule has 2 aromatic carbocycles. The van der Waals surface area contributed by atoms with Crippen LogP contribution in [0.15, 0.2) is 41.4 Å². The number of hydrogen-bond acceptors (Lipinski definition) is 8. The van der Waals surface area contributed by atoms with Crippen molar-refractivity contribution in [3.05, 3.63) is 47.5 Å². The number of methoxy groups -OCH3 is 2. The van der Waals surface area contributed by atoms with E-state index in [0.29, 0.717) is 45.6 Å². The van der Waals surface area contributed by atoms with Crippen LogP contribution in [0.25, 0.3) is 10.9 Å². The summed E-state index contributed by atoms with van der Waals surface area (Å²) in [5.74, 6) is 2.44. The first kappa shape index (κ1) is 20.6. The largest absolute Gasteiger partial charge is 0.493 e. The summed E-state index contributed by atoms with van der Waals surface area (Å²) in [4.78, 5) is 16.9. The van der Waals surface area contributed by atoms with E-state index in [9.17, 15) is 10.1 Å². The summed E-state index contributed by atoms with van der Waals surface area (Å²) >= 11 is 1.21. The Morgan fingerprint density at radius 1 is 1.16 bits per heavy atom. The molecule has 1 N–H and O–H groups in total. The van der Waals surface area contributed by atoms with E-state index in [1.54, 1.807) is 32.4 Å². The van der Waals surface area contributed by atoms with Gasteiger partial charge in [-0.05, 0) is 29.8 Å². The summed E-state index contributed by atoms with van der Waals surface area (Å²) in [5, 5.41) is 13.6. The van der Waals surface area contributed by atoms with Gasteiger partial charge in [0.25, 0.3) is 0 Å². The minimum atomic E-state index is -0.166. The molecule has 0 atom stereocenters. The Balaban J connectivity index is 1.43. The molecule has 0 bridgehead atoms. The summed E-state index contributed by atoms with van der Waals surface area (Å²) in [6.07, 6.45) is 0. The number of benzene rings is 2. The number of hydrogen-bond donors (Lipinski definition) is 1. The number of aromatic nitrogens is 1. The van der Waals surface area contributed by atoms with Gasteiger partial charge in [-0.25, -0.2) is 4.98 Å². The standard InChI is InChI=1S/C22H19N3O5S/c1-27-18-7-14-6-15(9-23)22(25-16(14)8-19(18)28-2)31-11-21(26)24-10-13-3-4-17-20(5-13)30-12-29-17/h3-8H,10-12H2,1-2H3,(H,24,26). The molecule has 3 aromatic rings. The number of rotatable bonds is 7. The molecule has 0 fully saturated rings. The molecule has 9 heteroatoms. The van der Waals surface area contributed by atoms with E-state index < -0.39 is 0 Å². The van der Waals surface area contributed by atoms with Crippen molar-refractivity contribution in [2.24, 2.45) is 0 Å². The van der Waals surface area contributed by atoms with Gasteiger partial charge in [-0.1, -0.05) is 17.8 Å². The van der Waals surface area contributed by atoms with Crippen molar-refractivity contribution in [1.29, 1.82) is 5.26 Å². The minimum absolute atomic E-state index is 0.130. The first-order chi connectivity index (χ1) is 15.1. The molecular formula is C22H19N3O5S. The first-order valence-electron chi connectivity index (χ1n) is 9.36. The van der Waals surface area contributed by atoms with Gasteiger partial charge in [0.15, 0.2) is 23.0 Å². The van der Waals surface area contributed by atoms with Crippen LogP contribution in [-0.2, 0) is 11.3 Å². The van der Waals surface area contributed by atoms with Crippen LogP contribution < -0.4 is 24.3 Å². The molecule has 2 heterocycles. The predicted molar refractivity (Wildman–Crippen MR) is 115 cm³/mol. The lowest BCUT2D eigenvalue weighted by molar-refractivity contribution is -0.118. The number of pyridine rings is 1. The average molecular weight is 437 g/mol. The quantitative estimate of drug-likeness (QED) is 0.562. The van der Waals surface area contributed by atoms with E-state index in [1.165, 1.54) is 11.8 Å². The zero-order valence-corrected chi connectivity index (χ0v) is 17.7. The van der Waals surface area contributed by atoms with Gasteiger partial charge in [0, 0.05) is 18.0 Å². The van der Waals surface area contributed by atoms with E-state index in [0.717, 1.165) is 10.9 Å². The number of ether oxygens (including phenoxy) is 4. The van der Waals surface area contributed by atoms with E-state index in [2.05, 4.69) is 16.4 Å². The maximum atomic E-state index is 12.3. The molecule has 0 spiro atoms. The molecule has 8 nitrogen and oxygen atoms in total. The molecule has 1 amide bonds. The molecular weight excluding hydrogens is 418 g/mol. The zero-order valence-electron chi connectivity index (χ0n) is 16.9. The highest BCUT2D eigenvalue weighted by molar-refractivity contribution is 8.00. The first-order valence-corrected chi connectivity index (χ1v) is 10.3. The maximum absolute atomic E-state index is 12.3. The normalized spacial score (nSPS) is 11.8. The fourth-order valence-electron chi connectivity index (χ4n) is 3.11. The van der Waals surface area contributed by atoms with E-state index >= 15 is 0 Å². The fraction of sp³-hybridized carbons (Fsp3) is 0.227. The molecule has 158 valence electrons. The lowest BCUT2D eigenvalue weighted by Crippen LogP contribution is -2.24. The zero-order chi connectivity index (χ0) is 21.8. The van der Waals surface area contributed by atoms with Crippen molar-refractivity contribution in [2.45, 2.75) is 11.6 Å². The van der Waals surface area contributed by atoms with Crippen molar-refractivity contribution >= 4 is 28.6 Å². The van der Waals surface area contributed by atoms with E-state index in [4.69, 9.17) is 18.9 Å². The molecule has 1 aliphatic heterocycles. The summed E-state index contributed by atoms with van der Waals surface area (Å²) in [6, 6.07) is 12.9. The van der Waals surface area contributed by atoms with Crippen LogP contribution in [0.1, 0.15) is 11.1 Å². The number of fused-ring (bicyclic) bond motifs is 2. The van der Waals surface area contributed by atoms with Crippen molar-refractivity contribution in [2.75, 3.05) is 26.8 Å². The number of nitrogens with zero attached hydrogens (tertiary/aromatic N) is 2. The van der Waals surface area contributed by atoms with Crippen molar-refractivity contribution < 1.29 is 23.7 Å². The Labute approximate surface area is 183 Å². The van der Waals surface area contributed by atoms with Gasteiger partial charge < -0.3 is 24.3 Å². The average Bonchev–Trinajstić information content (AvgIpc) is 3.27. The Morgan fingerprint density at radius 2 is 1.94 bits per heavy atom. The topological polar surface area (TPSA) is 103 Å². The highest BCUT2D eigenvalue weighted by atomic mass is 32.2. The monoisotopic (exact) mass is 437 g/mol. The van der Waals surface area contributed by atoms with Gasteiger partial charge in [0.1, 0.15) is 11.1 Å². The van der Waals surface area contributed by atoms with Crippen molar-refractivity contribution in [1.82, 2.24) is 10.3 Å². The number of nitriles is 1. The molecule has 1 aliphatic rings. The van der Waals surface area contributed by atoms with Crippen molar-refractivity contribution in [3.8, 4) is 29.1 Å². The number of amides is 1. The van der Waals surface area contributed by atoms with Gasteiger partial charge in [-0.2, -0.15) is 5.26 Å². The molecule has 0 radical (unpaired) electrons. The second kappa shape index (κ2) is 9.02. The number of carbonyl (C=O) groups excluding carboxylic acids is 1. The summed E-state index contributed by atoms with van der Waals surface area (Å²) in [6.45, 7) is 0.573. The van der Waals surface area contributed by atoms with Crippen LogP contribution >= 0.6 is 11.8 Å². The number of nitrogens with one attached hydrogen (secondary N) is 1. The highest BCUT2D eigenvalue weighted by Crippen LogP contribution is 2.34. The van der Waals surface area contributed by atoms with Crippen LogP contribution in [0, 0.1) is 11.3 Å². The van der Waals surface area contributed by atoms with Crippen molar-refractivity contribution in [3.63, 3.8) is 0 Å². The third kappa shape index (κ3) is 4.44. The third-order valence-electron chi connectivity index (χ3n) is 4.67. The molecule has 4 rings (SSSR count). The summed E-state index contributed by atoms with van der Waals surface area (Å²) in [7, 11) is 3.10. The van der Waals surface area contributed by atoms with Crippen LogP contribution in [0.3, 0.4) is 0 Å². The minimum Gasteiger partial charge on any atom is -0.493 e. The highest BCUT2D eigenvalue weighted by Gasteiger charge is 2.15. The second-order valence-electron chi connectivity index (χ2n) is 6.61. The SMILES string of the molecule is COc1cc2cc(C#N)c(SCC(=O)NCc3ccc4c(c3)OCO4)nc2cc1OC.